The van der Waals surface area contributed by atoms with Gasteiger partial charge in [-0.1, -0.05) is 49.7 Å². The molecular formula is C23H30N2O3S. The monoisotopic (exact) mass is 414 g/mol. The number of aryl methyl sites for hydroxylation is 2. The number of nitrogens with one attached hydrogen (secondary N) is 1. The molecule has 0 radical (unpaired) electrons. The molecule has 6 heteroatoms. The van der Waals surface area contributed by atoms with Gasteiger partial charge in [-0.05, 0) is 55.9 Å². The molecule has 1 aliphatic heterocycles. The summed E-state index contributed by atoms with van der Waals surface area (Å²) in [7, 11) is -3.59. The number of amides is 1. The van der Waals surface area contributed by atoms with Crippen LogP contribution in [0.4, 0.5) is 5.69 Å². The number of anilines is 1. The predicted octanol–water partition coefficient (Wildman–Crippen LogP) is 4.47. The molecular weight excluding hydrogens is 384 g/mol. The van der Waals surface area contributed by atoms with Gasteiger partial charge in [-0.3, -0.25) is 4.79 Å². The minimum atomic E-state index is -3.59. The van der Waals surface area contributed by atoms with Gasteiger partial charge in [0.2, 0.25) is 15.9 Å². The maximum absolute atomic E-state index is 13.0. The van der Waals surface area contributed by atoms with E-state index in [9.17, 15) is 13.2 Å². The third-order valence-electron chi connectivity index (χ3n) is 5.59. The number of carbonyl (C=O) groups excluding carboxylic acids is 1. The average Bonchev–Trinajstić information content (AvgIpc) is 2.69. The van der Waals surface area contributed by atoms with Gasteiger partial charge in [-0.2, -0.15) is 4.31 Å². The largest absolute Gasteiger partial charge is 0.325 e. The Bertz CT molecular complexity index is 982. The second-order valence-corrected chi connectivity index (χ2v) is 10.1. The molecule has 0 aliphatic carbocycles. The Hall–Kier alpha value is -2.18. The first kappa shape index (κ1) is 21.5. The highest BCUT2D eigenvalue weighted by molar-refractivity contribution is 7.89. The Balaban J connectivity index is 1.78. The molecule has 5 nitrogen and oxygen atoms in total. The van der Waals surface area contributed by atoms with Crippen molar-refractivity contribution in [2.45, 2.75) is 51.3 Å². The van der Waals surface area contributed by atoms with E-state index in [0.717, 1.165) is 22.4 Å². The Morgan fingerprint density at radius 1 is 1.10 bits per heavy atom. The van der Waals surface area contributed by atoms with Crippen LogP contribution in [0, 0.1) is 19.8 Å². The molecule has 1 heterocycles. The first-order valence-corrected chi connectivity index (χ1v) is 11.6. The summed E-state index contributed by atoms with van der Waals surface area (Å²) in [6.07, 6.45) is 1.36. The van der Waals surface area contributed by atoms with Crippen LogP contribution in [-0.2, 0) is 14.8 Å². The van der Waals surface area contributed by atoms with E-state index in [1.165, 1.54) is 4.31 Å². The molecule has 1 N–H and O–H groups in total. The Morgan fingerprint density at radius 2 is 1.79 bits per heavy atom. The van der Waals surface area contributed by atoms with Crippen LogP contribution in [0.25, 0.3) is 0 Å². The van der Waals surface area contributed by atoms with E-state index in [2.05, 4.69) is 19.2 Å². The zero-order valence-corrected chi connectivity index (χ0v) is 18.4. The van der Waals surface area contributed by atoms with Crippen molar-refractivity contribution >= 4 is 21.6 Å². The van der Waals surface area contributed by atoms with Gasteiger partial charge in [0, 0.05) is 18.8 Å². The van der Waals surface area contributed by atoms with E-state index < -0.39 is 10.0 Å². The summed E-state index contributed by atoms with van der Waals surface area (Å²) in [5, 5.41) is 3.09. The molecule has 156 valence electrons. The molecule has 2 aromatic carbocycles. The van der Waals surface area contributed by atoms with Crippen molar-refractivity contribution in [1.82, 2.24) is 4.31 Å². The van der Waals surface area contributed by atoms with Crippen LogP contribution in [-0.4, -0.2) is 31.7 Å². The zero-order valence-electron chi connectivity index (χ0n) is 17.6. The number of rotatable bonds is 5. The standard InChI is InChI=1S/C23H30N2O3S/c1-16(2)21-9-5-7-18(4)22(21)24-23(26)19-8-6-14-25(15-19)29(27,28)20-12-10-17(3)11-13-20/h5,7,9-13,16,19H,6,8,14-15H2,1-4H3,(H,24,26)/t19-/m0/s1. The van der Waals surface area contributed by atoms with Crippen LogP contribution in [0.3, 0.4) is 0 Å². The number of para-hydroxylation sites is 1. The number of nitrogens with zero attached hydrogens (tertiary/aromatic N) is 1. The first-order chi connectivity index (χ1) is 13.7. The lowest BCUT2D eigenvalue weighted by Crippen LogP contribution is -2.43. The lowest BCUT2D eigenvalue weighted by Gasteiger charge is -2.31. The van der Waals surface area contributed by atoms with Crippen molar-refractivity contribution in [1.29, 1.82) is 0 Å². The van der Waals surface area contributed by atoms with E-state index >= 15 is 0 Å². The molecule has 2 aromatic rings. The van der Waals surface area contributed by atoms with Gasteiger partial charge in [0.15, 0.2) is 0 Å². The molecule has 1 aliphatic rings. The van der Waals surface area contributed by atoms with Crippen molar-refractivity contribution in [2.75, 3.05) is 18.4 Å². The number of hydrogen-bond acceptors (Lipinski definition) is 3. The van der Waals surface area contributed by atoms with Gasteiger partial charge in [-0.15, -0.1) is 0 Å². The van der Waals surface area contributed by atoms with Crippen LogP contribution in [0.2, 0.25) is 0 Å². The summed E-state index contributed by atoms with van der Waals surface area (Å²) >= 11 is 0. The smallest absolute Gasteiger partial charge is 0.243 e. The molecule has 1 saturated heterocycles. The van der Waals surface area contributed by atoms with Gasteiger partial charge in [-0.25, -0.2) is 8.42 Å². The predicted molar refractivity (Wildman–Crippen MR) is 117 cm³/mol. The van der Waals surface area contributed by atoms with E-state index in [1.807, 2.05) is 32.0 Å². The number of hydrogen-bond donors (Lipinski definition) is 1. The van der Waals surface area contributed by atoms with Crippen LogP contribution in [0.5, 0.6) is 0 Å². The maximum atomic E-state index is 13.0. The Kier molecular flexibility index (Phi) is 6.44. The average molecular weight is 415 g/mol. The molecule has 29 heavy (non-hydrogen) atoms. The Morgan fingerprint density at radius 3 is 2.45 bits per heavy atom. The first-order valence-electron chi connectivity index (χ1n) is 10.2. The summed E-state index contributed by atoms with van der Waals surface area (Å²) < 4.78 is 27.5. The third-order valence-corrected chi connectivity index (χ3v) is 7.47. The van der Waals surface area contributed by atoms with E-state index in [1.54, 1.807) is 24.3 Å². The van der Waals surface area contributed by atoms with E-state index in [-0.39, 0.29) is 29.2 Å². The second kappa shape index (κ2) is 8.67. The molecule has 0 aromatic heterocycles. The normalized spacial score (nSPS) is 18.0. The molecule has 1 atom stereocenters. The van der Waals surface area contributed by atoms with Crippen LogP contribution in [0.15, 0.2) is 47.4 Å². The minimum Gasteiger partial charge on any atom is -0.325 e. The quantitative estimate of drug-likeness (QED) is 0.785. The summed E-state index contributed by atoms with van der Waals surface area (Å²) in [6.45, 7) is 8.76. The zero-order chi connectivity index (χ0) is 21.2. The van der Waals surface area contributed by atoms with Gasteiger partial charge in [0.25, 0.3) is 0 Å². The van der Waals surface area contributed by atoms with Crippen LogP contribution >= 0.6 is 0 Å². The fraction of sp³-hybridized carbons (Fsp3) is 0.435. The third kappa shape index (κ3) is 4.70. The fourth-order valence-corrected chi connectivity index (χ4v) is 5.33. The molecule has 0 spiro atoms. The van der Waals surface area contributed by atoms with Gasteiger partial charge in [0.05, 0.1) is 10.8 Å². The van der Waals surface area contributed by atoms with Crippen molar-refractivity contribution < 1.29 is 13.2 Å². The van der Waals surface area contributed by atoms with Gasteiger partial charge >= 0.3 is 0 Å². The van der Waals surface area contributed by atoms with Crippen molar-refractivity contribution in [3.63, 3.8) is 0 Å². The summed E-state index contributed by atoms with van der Waals surface area (Å²) in [6, 6.07) is 12.9. The number of piperidine rings is 1. The summed E-state index contributed by atoms with van der Waals surface area (Å²) in [5.74, 6) is -0.177. The van der Waals surface area contributed by atoms with E-state index in [0.29, 0.717) is 19.4 Å². The molecule has 3 rings (SSSR count). The van der Waals surface area contributed by atoms with Gasteiger partial charge in [0.1, 0.15) is 0 Å². The van der Waals surface area contributed by atoms with Crippen molar-refractivity contribution in [2.24, 2.45) is 5.92 Å². The van der Waals surface area contributed by atoms with Crippen LogP contribution < -0.4 is 5.32 Å². The lowest BCUT2D eigenvalue weighted by atomic mass is 9.95. The number of sulfonamides is 1. The van der Waals surface area contributed by atoms with E-state index in [4.69, 9.17) is 0 Å². The topological polar surface area (TPSA) is 66.5 Å². The molecule has 0 bridgehead atoms. The molecule has 1 fully saturated rings. The highest BCUT2D eigenvalue weighted by Crippen LogP contribution is 2.30. The highest BCUT2D eigenvalue weighted by atomic mass is 32.2. The number of carbonyl (C=O) groups is 1. The maximum Gasteiger partial charge on any atom is 0.243 e. The Labute approximate surface area is 174 Å². The van der Waals surface area contributed by atoms with Crippen molar-refractivity contribution in [3.8, 4) is 0 Å². The minimum absolute atomic E-state index is 0.106. The molecule has 0 saturated carbocycles. The fourth-order valence-electron chi connectivity index (χ4n) is 3.80. The van der Waals surface area contributed by atoms with Crippen molar-refractivity contribution in [3.05, 3.63) is 59.2 Å². The molecule has 1 amide bonds. The highest BCUT2D eigenvalue weighted by Gasteiger charge is 2.33. The second-order valence-electron chi connectivity index (χ2n) is 8.20. The lowest BCUT2D eigenvalue weighted by molar-refractivity contribution is -0.120. The summed E-state index contributed by atoms with van der Waals surface area (Å²) in [4.78, 5) is 13.3. The molecule has 0 unspecified atom stereocenters. The number of benzene rings is 2. The van der Waals surface area contributed by atoms with Gasteiger partial charge < -0.3 is 5.32 Å². The van der Waals surface area contributed by atoms with Crippen LogP contribution in [0.1, 0.15) is 49.3 Å². The summed E-state index contributed by atoms with van der Waals surface area (Å²) in [5.41, 5.74) is 3.98. The SMILES string of the molecule is Cc1ccc(S(=O)(=O)N2CCC[C@H](C(=O)Nc3c(C)cccc3C(C)C)C2)cc1.